The van der Waals surface area contributed by atoms with Crippen molar-refractivity contribution in [3.05, 3.63) is 30.3 Å². The predicted molar refractivity (Wildman–Crippen MR) is 58.1 cm³/mol. The van der Waals surface area contributed by atoms with Gasteiger partial charge in [0.2, 0.25) is 5.91 Å². The summed E-state index contributed by atoms with van der Waals surface area (Å²) in [4.78, 5) is 10.8. The number of thioether (sulfide) groups is 1. The Morgan fingerprint density at radius 2 is 2.14 bits per heavy atom. The Kier molecular flexibility index (Phi) is 2.69. The van der Waals surface area contributed by atoms with Crippen LogP contribution in [0.15, 0.2) is 35.4 Å². The van der Waals surface area contributed by atoms with Gasteiger partial charge in [-0.25, -0.2) is 0 Å². The van der Waals surface area contributed by atoms with Crippen molar-refractivity contribution in [2.24, 2.45) is 5.10 Å². The molecule has 1 fully saturated rings. The van der Waals surface area contributed by atoms with E-state index in [9.17, 15) is 4.79 Å². The molecule has 2 N–H and O–H groups in total. The SMILES string of the molecule is O=C1CS/C(=N\Nc2ccccc2)N1. The number of hydrazone groups is 1. The van der Waals surface area contributed by atoms with Crippen molar-refractivity contribution in [2.45, 2.75) is 0 Å². The lowest BCUT2D eigenvalue weighted by Gasteiger charge is -1.99. The average molecular weight is 207 g/mol. The van der Waals surface area contributed by atoms with E-state index in [-0.39, 0.29) is 5.91 Å². The van der Waals surface area contributed by atoms with Crippen LogP contribution in [0.4, 0.5) is 5.69 Å². The molecule has 0 atom stereocenters. The molecule has 14 heavy (non-hydrogen) atoms. The van der Waals surface area contributed by atoms with Crippen LogP contribution in [-0.2, 0) is 4.79 Å². The molecule has 5 heteroatoms. The van der Waals surface area contributed by atoms with Crippen molar-refractivity contribution in [1.82, 2.24) is 5.32 Å². The second-order valence-electron chi connectivity index (χ2n) is 2.73. The normalized spacial score (nSPS) is 18.3. The molecule has 1 heterocycles. The van der Waals surface area contributed by atoms with Crippen LogP contribution in [0.5, 0.6) is 0 Å². The van der Waals surface area contributed by atoms with Crippen molar-refractivity contribution in [2.75, 3.05) is 11.2 Å². The minimum absolute atomic E-state index is 0.00334. The Hall–Kier alpha value is -1.49. The van der Waals surface area contributed by atoms with Gasteiger partial charge in [-0.1, -0.05) is 30.0 Å². The zero-order valence-electron chi connectivity index (χ0n) is 7.36. The summed E-state index contributed by atoms with van der Waals surface area (Å²) >= 11 is 1.40. The van der Waals surface area contributed by atoms with Crippen LogP contribution in [0, 0.1) is 0 Å². The Balaban J connectivity index is 1.97. The minimum atomic E-state index is 0.00334. The molecule has 0 spiro atoms. The number of hydrogen-bond acceptors (Lipinski definition) is 4. The van der Waals surface area contributed by atoms with Crippen molar-refractivity contribution < 1.29 is 4.79 Å². The lowest BCUT2D eigenvalue weighted by Crippen LogP contribution is -2.20. The van der Waals surface area contributed by atoms with Crippen molar-refractivity contribution >= 4 is 28.5 Å². The van der Waals surface area contributed by atoms with E-state index in [0.717, 1.165) is 5.69 Å². The van der Waals surface area contributed by atoms with Crippen molar-refractivity contribution in [3.8, 4) is 0 Å². The van der Waals surface area contributed by atoms with E-state index in [1.54, 1.807) is 0 Å². The number of nitrogens with zero attached hydrogens (tertiary/aromatic N) is 1. The van der Waals surface area contributed by atoms with Gasteiger partial charge in [0.1, 0.15) is 0 Å². The Morgan fingerprint density at radius 3 is 2.79 bits per heavy atom. The molecule has 1 saturated heterocycles. The number of carbonyl (C=O) groups is 1. The number of amides is 1. The standard InChI is InChI=1S/C9H9N3OS/c13-8-6-14-9(10-8)12-11-7-4-2-1-3-5-7/h1-5,11H,6H2,(H,10,12,13). The number of nitrogens with one attached hydrogen (secondary N) is 2. The first-order chi connectivity index (χ1) is 6.84. The number of hydrogen-bond donors (Lipinski definition) is 2. The zero-order chi connectivity index (χ0) is 9.80. The summed E-state index contributed by atoms with van der Waals surface area (Å²) in [6, 6.07) is 9.59. The maximum atomic E-state index is 10.8. The van der Waals surface area contributed by atoms with Gasteiger partial charge in [0.15, 0.2) is 5.17 Å². The third kappa shape index (κ3) is 2.26. The quantitative estimate of drug-likeness (QED) is 0.717. The molecular formula is C9H9N3OS. The molecule has 0 saturated carbocycles. The Bertz CT molecular complexity index is 364. The predicted octanol–water partition coefficient (Wildman–Crippen LogP) is 1.23. The molecule has 0 aliphatic carbocycles. The fourth-order valence-corrected chi connectivity index (χ4v) is 1.65. The van der Waals surface area contributed by atoms with Crippen LogP contribution in [0.25, 0.3) is 0 Å². The lowest BCUT2D eigenvalue weighted by atomic mass is 10.3. The summed E-state index contributed by atoms with van der Waals surface area (Å²) in [5.41, 5.74) is 3.76. The third-order valence-electron chi connectivity index (χ3n) is 1.65. The summed E-state index contributed by atoms with van der Waals surface area (Å²) in [6.45, 7) is 0. The largest absolute Gasteiger partial charge is 0.303 e. The molecule has 0 aromatic heterocycles. The maximum Gasteiger partial charge on any atom is 0.236 e. The molecule has 1 aromatic carbocycles. The van der Waals surface area contributed by atoms with Gasteiger partial charge in [-0.05, 0) is 12.1 Å². The van der Waals surface area contributed by atoms with Crippen LogP contribution in [0.1, 0.15) is 0 Å². The van der Waals surface area contributed by atoms with E-state index < -0.39 is 0 Å². The highest BCUT2D eigenvalue weighted by Crippen LogP contribution is 2.10. The molecule has 72 valence electrons. The summed E-state index contributed by atoms with van der Waals surface area (Å²) < 4.78 is 0. The second kappa shape index (κ2) is 4.15. The number of rotatable bonds is 2. The second-order valence-corrected chi connectivity index (χ2v) is 3.70. The molecule has 0 radical (unpaired) electrons. The van der Waals surface area contributed by atoms with E-state index in [0.29, 0.717) is 10.9 Å². The third-order valence-corrected chi connectivity index (χ3v) is 2.52. The number of benzene rings is 1. The number of amidine groups is 1. The fraction of sp³-hybridized carbons (Fsp3) is 0.111. The van der Waals surface area contributed by atoms with Gasteiger partial charge >= 0.3 is 0 Å². The van der Waals surface area contributed by atoms with E-state index in [1.165, 1.54) is 11.8 Å². The first kappa shape index (κ1) is 9.08. The molecule has 1 aliphatic rings. The van der Waals surface area contributed by atoms with Crippen LogP contribution in [0.3, 0.4) is 0 Å². The van der Waals surface area contributed by atoms with Gasteiger partial charge in [0.05, 0.1) is 11.4 Å². The zero-order valence-corrected chi connectivity index (χ0v) is 8.17. The Morgan fingerprint density at radius 1 is 1.36 bits per heavy atom. The monoisotopic (exact) mass is 207 g/mol. The lowest BCUT2D eigenvalue weighted by molar-refractivity contribution is -0.116. The molecule has 1 amide bonds. The van der Waals surface area contributed by atoms with Gasteiger partial charge in [0.25, 0.3) is 0 Å². The van der Waals surface area contributed by atoms with Gasteiger partial charge in [0, 0.05) is 0 Å². The van der Waals surface area contributed by atoms with Crippen molar-refractivity contribution in [3.63, 3.8) is 0 Å². The fourth-order valence-electron chi connectivity index (χ4n) is 1.01. The summed E-state index contributed by atoms with van der Waals surface area (Å²) in [5, 5.41) is 7.30. The van der Waals surface area contributed by atoms with E-state index in [1.807, 2.05) is 30.3 Å². The Labute approximate surface area is 85.8 Å². The summed E-state index contributed by atoms with van der Waals surface area (Å²) in [5.74, 6) is 0.457. The van der Waals surface area contributed by atoms with Crippen LogP contribution >= 0.6 is 11.8 Å². The highest BCUT2D eigenvalue weighted by atomic mass is 32.2. The van der Waals surface area contributed by atoms with Crippen molar-refractivity contribution in [1.29, 1.82) is 0 Å². The smallest absolute Gasteiger partial charge is 0.236 e. The first-order valence-corrected chi connectivity index (χ1v) is 5.14. The molecule has 1 aliphatic heterocycles. The summed E-state index contributed by atoms with van der Waals surface area (Å²) in [6.07, 6.45) is 0. The molecule has 0 bridgehead atoms. The molecule has 0 unspecified atom stereocenters. The average Bonchev–Trinajstić information content (AvgIpc) is 2.63. The van der Waals surface area contributed by atoms with Gasteiger partial charge in [-0.3, -0.25) is 10.2 Å². The van der Waals surface area contributed by atoms with Crippen LogP contribution < -0.4 is 10.7 Å². The number of carbonyl (C=O) groups excluding carboxylic acids is 1. The molecule has 2 rings (SSSR count). The topological polar surface area (TPSA) is 53.5 Å². The maximum absolute atomic E-state index is 10.8. The molecule has 1 aromatic rings. The van der Waals surface area contributed by atoms with Crippen LogP contribution in [-0.4, -0.2) is 16.8 Å². The minimum Gasteiger partial charge on any atom is -0.303 e. The number of anilines is 1. The van der Waals surface area contributed by atoms with Crippen LogP contribution in [0.2, 0.25) is 0 Å². The molecular weight excluding hydrogens is 198 g/mol. The highest BCUT2D eigenvalue weighted by molar-refractivity contribution is 8.15. The highest BCUT2D eigenvalue weighted by Gasteiger charge is 2.15. The first-order valence-electron chi connectivity index (χ1n) is 4.16. The van der Waals surface area contributed by atoms with Gasteiger partial charge in [-0.15, -0.1) is 5.10 Å². The van der Waals surface area contributed by atoms with E-state index in [2.05, 4.69) is 15.8 Å². The summed E-state index contributed by atoms with van der Waals surface area (Å²) in [7, 11) is 0. The number of para-hydroxylation sites is 1. The van der Waals surface area contributed by atoms with E-state index in [4.69, 9.17) is 0 Å². The van der Waals surface area contributed by atoms with E-state index >= 15 is 0 Å². The van der Waals surface area contributed by atoms with Gasteiger partial charge < -0.3 is 5.32 Å². The molecule has 4 nitrogen and oxygen atoms in total. The van der Waals surface area contributed by atoms with Gasteiger partial charge in [-0.2, -0.15) is 0 Å².